The van der Waals surface area contributed by atoms with Crippen molar-refractivity contribution in [1.82, 2.24) is 15.6 Å². The number of anilines is 1. The molecule has 0 aliphatic heterocycles. The van der Waals surface area contributed by atoms with Gasteiger partial charge in [-0.15, -0.1) is 11.3 Å². The van der Waals surface area contributed by atoms with Crippen LogP contribution in [0.1, 0.15) is 16.8 Å². The Balaban J connectivity index is 1.86. The van der Waals surface area contributed by atoms with Gasteiger partial charge in [0.25, 0.3) is 0 Å². The van der Waals surface area contributed by atoms with Crippen LogP contribution in [0.5, 0.6) is 0 Å². The van der Waals surface area contributed by atoms with E-state index in [-0.39, 0.29) is 5.82 Å². The van der Waals surface area contributed by atoms with Crippen LogP contribution in [-0.2, 0) is 13.1 Å². The number of aryl methyl sites for hydroxylation is 1. The van der Waals surface area contributed by atoms with Crippen molar-refractivity contribution in [3.05, 3.63) is 46.2 Å². The van der Waals surface area contributed by atoms with Gasteiger partial charge in [0.05, 0.1) is 12.2 Å². The van der Waals surface area contributed by atoms with E-state index in [1.807, 2.05) is 30.4 Å². The van der Waals surface area contributed by atoms with Crippen LogP contribution in [0.15, 0.2) is 28.6 Å². The summed E-state index contributed by atoms with van der Waals surface area (Å²) in [6.45, 7) is 2.85. The lowest BCUT2D eigenvalue weighted by Gasteiger charge is -2.11. The molecule has 0 amide bonds. The maximum atomic E-state index is 13.5. The molecule has 0 saturated heterocycles. The predicted octanol–water partition coefficient (Wildman–Crippen LogP) is 2.52. The highest BCUT2D eigenvalue weighted by molar-refractivity contribution is 7.13. The van der Waals surface area contributed by atoms with E-state index in [0.717, 1.165) is 16.4 Å². The number of benzene rings is 1. The average molecular weight is 335 g/mol. The summed E-state index contributed by atoms with van der Waals surface area (Å²) < 4.78 is 13.5. The minimum Gasteiger partial charge on any atom is -0.354 e. The number of nitrogens with zero attached hydrogens (tertiary/aromatic N) is 3. The molecular weight excluding hydrogens is 313 g/mol. The van der Waals surface area contributed by atoms with E-state index in [1.165, 1.54) is 0 Å². The second-order valence-electron chi connectivity index (χ2n) is 5.38. The fourth-order valence-electron chi connectivity index (χ4n) is 1.91. The molecular formula is C16H22FN5S. The van der Waals surface area contributed by atoms with Gasteiger partial charge in [-0.05, 0) is 24.1 Å². The Morgan fingerprint density at radius 2 is 2.04 bits per heavy atom. The van der Waals surface area contributed by atoms with Gasteiger partial charge >= 0.3 is 0 Å². The minimum absolute atomic E-state index is 0.189. The number of rotatable bonds is 5. The van der Waals surface area contributed by atoms with E-state index >= 15 is 0 Å². The van der Waals surface area contributed by atoms with Gasteiger partial charge in [-0.3, -0.25) is 4.99 Å². The zero-order valence-electron chi connectivity index (χ0n) is 13.9. The van der Waals surface area contributed by atoms with Crippen LogP contribution in [-0.4, -0.2) is 32.1 Å². The number of hydrogen-bond donors (Lipinski definition) is 2. The third kappa shape index (κ3) is 4.92. The highest BCUT2D eigenvalue weighted by Crippen LogP contribution is 2.17. The molecule has 5 nitrogen and oxygen atoms in total. The number of thiazole rings is 1. The van der Waals surface area contributed by atoms with Gasteiger partial charge in [-0.25, -0.2) is 9.37 Å². The van der Waals surface area contributed by atoms with Crippen molar-refractivity contribution in [2.75, 3.05) is 26.0 Å². The van der Waals surface area contributed by atoms with Crippen molar-refractivity contribution in [2.24, 2.45) is 4.99 Å². The zero-order valence-corrected chi connectivity index (χ0v) is 14.7. The molecule has 1 heterocycles. The maximum absolute atomic E-state index is 13.5. The van der Waals surface area contributed by atoms with E-state index in [4.69, 9.17) is 0 Å². The topological polar surface area (TPSA) is 52.6 Å². The second-order valence-corrected chi connectivity index (χ2v) is 6.22. The normalized spacial score (nSPS) is 11.4. The van der Waals surface area contributed by atoms with Crippen molar-refractivity contribution >= 4 is 22.4 Å². The smallest absolute Gasteiger partial charge is 0.191 e. The Kier molecular flexibility index (Phi) is 5.92. The van der Waals surface area contributed by atoms with Gasteiger partial charge in [0.15, 0.2) is 11.1 Å². The summed E-state index contributed by atoms with van der Waals surface area (Å²) >= 11 is 1.60. The highest BCUT2D eigenvalue weighted by atomic mass is 32.1. The lowest BCUT2D eigenvalue weighted by Crippen LogP contribution is -2.36. The maximum Gasteiger partial charge on any atom is 0.191 e. The van der Waals surface area contributed by atoms with E-state index in [9.17, 15) is 4.39 Å². The molecule has 2 N–H and O–H groups in total. The van der Waals surface area contributed by atoms with Crippen molar-refractivity contribution in [3.8, 4) is 0 Å². The van der Waals surface area contributed by atoms with Gasteiger partial charge in [0.1, 0.15) is 5.82 Å². The van der Waals surface area contributed by atoms with Crippen molar-refractivity contribution in [2.45, 2.75) is 20.0 Å². The molecule has 0 atom stereocenters. The van der Waals surface area contributed by atoms with Gasteiger partial charge in [-0.1, -0.05) is 12.1 Å². The quantitative estimate of drug-likeness (QED) is 0.651. The first-order valence-electron chi connectivity index (χ1n) is 7.31. The van der Waals surface area contributed by atoms with Gasteiger partial charge in [0.2, 0.25) is 0 Å². The Morgan fingerprint density at radius 3 is 2.65 bits per heavy atom. The van der Waals surface area contributed by atoms with Crippen LogP contribution in [0.2, 0.25) is 0 Å². The van der Waals surface area contributed by atoms with Crippen molar-refractivity contribution < 1.29 is 4.39 Å². The number of aliphatic imine (C=N–C) groups is 1. The summed E-state index contributed by atoms with van der Waals surface area (Å²) in [6.07, 6.45) is 0. The first-order chi connectivity index (χ1) is 11.0. The first-order valence-corrected chi connectivity index (χ1v) is 8.19. The molecule has 0 bridgehead atoms. The fraction of sp³-hybridized carbons (Fsp3) is 0.375. The molecule has 2 aromatic rings. The van der Waals surface area contributed by atoms with Gasteiger partial charge in [0, 0.05) is 33.1 Å². The predicted molar refractivity (Wildman–Crippen MR) is 94.6 cm³/mol. The molecule has 0 fully saturated rings. The largest absolute Gasteiger partial charge is 0.354 e. The molecule has 0 aliphatic carbocycles. The van der Waals surface area contributed by atoms with Crippen LogP contribution in [0.3, 0.4) is 0 Å². The summed E-state index contributed by atoms with van der Waals surface area (Å²) in [5.41, 5.74) is 2.49. The molecule has 1 aromatic heterocycles. The summed E-state index contributed by atoms with van der Waals surface area (Å²) in [6, 6.07) is 5.22. The molecule has 2 rings (SSSR count). The molecule has 7 heteroatoms. The van der Waals surface area contributed by atoms with Crippen LogP contribution in [0.4, 0.5) is 9.52 Å². The third-order valence-electron chi connectivity index (χ3n) is 3.28. The number of aromatic nitrogens is 1. The van der Waals surface area contributed by atoms with Gasteiger partial charge in [-0.2, -0.15) is 0 Å². The number of hydrogen-bond acceptors (Lipinski definition) is 4. The van der Waals surface area contributed by atoms with Crippen molar-refractivity contribution in [3.63, 3.8) is 0 Å². The van der Waals surface area contributed by atoms with Crippen LogP contribution in [0.25, 0.3) is 0 Å². The standard InChI is InChI=1S/C16H22FN5S/c1-11-5-6-12(7-14(11)17)8-19-15(18-2)20-9-13-10-23-16(21-13)22(3)4/h5-7,10H,8-9H2,1-4H3,(H2,18,19,20). The SMILES string of the molecule is CN=C(NCc1ccc(C)c(F)c1)NCc1csc(N(C)C)n1. The molecule has 23 heavy (non-hydrogen) atoms. The molecule has 0 saturated carbocycles. The van der Waals surface area contributed by atoms with E-state index in [1.54, 1.807) is 37.4 Å². The molecule has 0 aliphatic rings. The third-order valence-corrected chi connectivity index (χ3v) is 4.34. The number of nitrogens with one attached hydrogen (secondary N) is 2. The summed E-state index contributed by atoms with van der Waals surface area (Å²) in [4.78, 5) is 10.7. The Labute approximate surface area is 140 Å². The van der Waals surface area contributed by atoms with E-state index < -0.39 is 0 Å². The zero-order chi connectivity index (χ0) is 16.8. The molecule has 0 unspecified atom stereocenters. The lowest BCUT2D eigenvalue weighted by atomic mass is 10.1. The first kappa shape index (κ1) is 17.2. The van der Waals surface area contributed by atoms with Crippen molar-refractivity contribution in [1.29, 1.82) is 0 Å². The number of guanidine groups is 1. The Bertz CT molecular complexity index is 681. The fourth-order valence-corrected chi connectivity index (χ4v) is 2.67. The van der Waals surface area contributed by atoms with E-state index in [0.29, 0.717) is 24.6 Å². The molecule has 124 valence electrons. The lowest BCUT2D eigenvalue weighted by molar-refractivity contribution is 0.615. The highest BCUT2D eigenvalue weighted by Gasteiger charge is 2.05. The summed E-state index contributed by atoms with van der Waals surface area (Å²) in [5.74, 6) is 0.469. The van der Waals surface area contributed by atoms with Gasteiger partial charge < -0.3 is 15.5 Å². The van der Waals surface area contributed by atoms with E-state index in [2.05, 4.69) is 20.6 Å². The molecule has 1 aromatic carbocycles. The molecule has 0 spiro atoms. The van der Waals surface area contributed by atoms with Crippen LogP contribution < -0.4 is 15.5 Å². The Morgan fingerprint density at radius 1 is 1.30 bits per heavy atom. The summed E-state index contributed by atoms with van der Waals surface area (Å²) in [7, 11) is 5.64. The van der Waals surface area contributed by atoms with Crippen LogP contribution >= 0.6 is 11.3 Å². The second kappa shape index (κ2) is 7.92. The summed E-state index contributed by atoms with van der Waals surface area (Å²) in [5, 5.41) is 9.37. The van der Waals surface area contributed by atoms with Crippen LogP contribution in [0, 0.1) is 12.7 Å². The molecule has 0 radical (unpaired) electrons. The number of halogens is 1. The average Bonchev–Trinajstić information content (AvgIpc) is 3.00. The monoisotopic (exact) mass is 335 g/mol. The Hall–Kier alpha value is -2.15. The minimum atomic E-state index is -0.189.